The van der Waals surface area contributed by atoms with Gasteiger partial charge in [0.15, 0.2) is 11.9 Å². The zero-order chi connectivity index (χ0) is 17.3. The maximum absolute atomic E-state index is 11.7. The molecule has 1 aromatic heterocycles. The van der Waals surface area contributed by atoms with Crippen LogP contribution in [0.15, 0.2) is 17.2 Å². The van der Waals surface area contributed by atoms with Crippen molar-refractivity contribution >= 4 is 11.8 Å². The maximum Gasteiger partial charge on any atom is 0.522 e. The Balaban J connectivity index is 2.03. The number of thioether (sulfide) groups is 1. The molecule has 1 heterocycles. The summed E-state index contributed by atoms with van der Waals surface area (Å²) in [6, 6.07) is 1.77. The number of pyridine rings is 1. The minimum absolute atomic E-state index is 0.130. The minimum atomic E-state index is -4.61. The van der Waals surface area contributed by atoms with E-state index in [2.05, 4.69) is 4.74 Å². The zero-order valence-electron chi connectivity index (χ0n) is 13.0. The lowest BCUT2D eigenvalue weighted by Gasteiger charge is -2.09. The predicted octanol–water partition coefficient (Wildman–Crippen LogP) is 2.60. The monoisotopic (exact) mass is 355 g/mol. The van der Waals surface area contributed by atoms with E-state index in [1.165, 1.54) is 6.20 Å². The van der Waals surface area contributed by atoms with Gasteiger partial charge in [0.25, 0.3) is 0 Å². The van der Waals surface area contributed by atoms with Gasteiger partial charge in [-0.1, -0.05) is 0 Å². The number of rotatable bonds is 10. The lowest BCUT2D eigenvalue weighted by molar-refractivity contribution is -0.613. The quantitative estimate of drug-likeness (QED) is 0.279. The van der Waals surface area contributed by atoms with Gasteiger partial charge in [-0.25, -0.2) is 0 Å². The van der Waals surface area contributed by atoms with Gasteiger partial charge in [0.05, 0.1) is 33.0 Å². The molecule has 0 saturated carbocycles. The molecule has 0 atom stereocenters. The Kier molecular flexibility index (Phi) is 8.67. The summed E-state index contributed by atoms with van der Waals surface area (Å²) in [4.78, 5) is 1.03. The van der Waals surface area contributed by atoms with Crippen LogP contribution in [0.1, 0.15) is 11.3 Å². The van der Waals surface area contributed by atoms with Crippen molar-refractivity contribution in [3.8, 4) is 0 Å². The van der Waals surface area contributed by atoms with Crippen LogP contribution >= 0.6 is 11.8 Å². The molecule has 0 bridgehead atoms. The predicted molar refractivity (Wildman–Crippen MR) is 79.2 cm³/mol. The molecule has 0 spiro atoms. The van der Waals surface area contributed by atoms with Crippen LogP contribution < -0.4 is 4.73 Å². The highest BCUT2D eigenvalue weighted by molar-refractivity contribution is 7.99. The molecule has 0 unspecified atom stereocenters. The normalized spacial score (nSPS) is 11.9. The van der Waals surface area contributed by atoms with Crippen molar-refractivity contribution in [2.24, 2.45) is 0 Å². The Labute approximate surface area is 137 Å². The highest BCUT2D eigenvalue weighted by Crippen LogP contribution is 2.22. The molecule has 1 rings (SSSR count). The van der Waals surface area contributed by atoms with E-state index >= 15 is 0 Å². The standard InChI is InChI=1S/C14H20F3NO4S/c1-11-12(2)18(19)4-3-13(11)23-10-9-21-6-5-20-7-8-22-14(15,16)17/h3-4H,5-10H2,1-2H3. The molecular formula is C14H20F3NO4S. The summed E-state index contributed by atoms with van der Waals surface area (Å²) >= 11 is 1.58. The van der Waals surface area contributed by atoms with Crippen LogP contribution in [0.3, 0.4) is 0 Å². The van der Waals surface area contributed by atoms with E-state index in [1.807, 2.05) is 6.92 Å². The second-order valence-electron chi connectivity index (χ2n) is 4.58. The van der Waals surface area contributed by atoms with Gasteiger partial charge in [0.2, 0.25) is 0 Å². The summed E-state index contributed by atoms with van der Waals surface area (Å²) in [5.41, 5.74) is 1.62. The summed E-state index contributed by atoms with van der Waals surface area (Å²) in [6.07, 6.45) is -3.14. The molecule has 5 nitrogen and oxygen atoms in total. The fourth-order valence-electron chi connectivity index (χ4n) is 1.62. The fraction of sp³-hybridized carbons (Fsp3) is 0.643. The van der Waals surface area contributed by atoms with E-state index in [4.69, 9.17) is 9.47 Å². The summed E-state index contributed by atoms with van der Waals surface area (Å²) in [5.74, 6) is 0.709. The first-order valence-corrected chi connectivity index (χ1v) is 7.98. The van der Waals surface area contributed by atoms with Crippen LogP contribution in [0.4, 0.5) is 13.2 Å². The second-order valence-corrected chi connectivity index (χ2v) is 5.72. The molecule has 1 aromatic rings. The van der Waals surface area contributed by atoms with Crippen LogP contribution in [0.25, 0.3) is 0 Å². The maximum atomic E-state index is 11.7. The van der Waals surface area contributed by atoms with E-state index in [1.54, 1.807) is 24.8 Å². The molecule has 132 valence electrons. The number of hydrogen-bond donors (Lipinski definition) is 0. The summed E-state index contributed by atoms with van der Waals surface area (Å²) in [7, 11) is 0. The van der Waals surface area contributed by atoms with Crippen LogP contribution in [-0.2, 0) is 14.2 Å². The Morgan fingerprint density at radius 1 is 1.09 bits per heavy atom. The third kappa shape index (κ3) is 8.40. The van der Waals surface area contributed by atoms with Crippen molar-refractivity contribution in [3.63, 3.8) is 0 Å². The van der Waals surface area contributed by atoms with Gasteiger partial charge < -0.3 is 14.7 Å². The third-order valence-electron chi connectivity index (χ3n) is 2.95. The van der Waals surface area contributed by atoms with E-state index in [-0.39, 0.29) is 13.2 Å². The van der Waals surface area contributed by atoms with Gasteiger partial charge >= 0.3 is 6.36 Å². The number of alkyl halides is 3. The third-order valence-corrected chi connectivity index (χ3v) is 4.08. The molecule has 9 heteroatoms. The van der Waals surface area contributed by atoms with Crippen LogP contribution in [0.2, 0.25) is 0 Å². The van der Waals surface area contributed by atoms with Gasteiger partial charge in [-0.05, 0) is 6.92 Å². The number of nitrogens with zero attached hydrogens (tertiary/aromatic N) is 1. The van der Waals surface area contributed by atoms with Gasteiger partial charge in [0.1, 0.15) is 0 Å². The molecule has 0 amide bonds. The topological polar surface area (TPSA) is 54.6 Å². The van der Waals surface area contributed by atoms with Gasteiger partial charge in [0, 0.05) is 29.2 Å². The van der Waals surface area contributed by atoms with E-state index in [0.29, 0.717) is 24.7 Å². The Morgan fingerprint density at radius 3 is 2.35 bits per heavy atom. The molecule has 0 saturated heterocycles. The van der Waals surface area contributed by atoms with Gasteiger partial charge in [-0.2, -0.15) is 4.73 Å². The molecule has 0 N–H and O–H groups in total. The van der Waals surface area contributed by atoms with Crippen LogP contribution in [0.5, 0.6) is 0 Å². The fourth-order valence-corrected chi connectivity index (χ4v) is 2.56. The number of hydrogen-bond acceptors (Lipinski definition) is 5. The molecular weight excluding hydrogens is 335 g/mol. The van der Waals surface area contributed by atoms with Crippen molar-refractivity contribution in [2.75, 3.05) is 38.8 Å². The molecule has 23 heavy (non-hydrogen) atoms. The van der Waals surface area contributed by atoms with Crippen LogP contribution in [0, 0.1) is 19.1 Å². The molecule has 0 aromatic carbocycles. The first-order valence-electron chi connectivity index (χ1n) is 6.99. The summed E-state index contributed by atoms with van der Waals surface area (Å²) < 4.78 is 49.6. The smallest absolute Gasteiger partial charge is 0.522 e. The van der Waals surface area contributed by atoms with E-state index in [0.717, 1.165) is 15.2 Å². The number of halogens is 3. The van der Waals surface area contributed by atoms with Crippen molar-refractivity contribution in [1.29, 1.82) is 0 Å². The highest BCUT2D eigenvalue weighted by atomic mass is 32.2. The molecule has 0 fully saturated rings. The minimum Gasteiger partial charge on any atom is -0.619 e. The second kappa shape index (κ2) is 9.96. The Bertz CT molecular complexity index is 486. The summed E-state index contributed by atoms with van der Waals surface area (Å²) in [6.45, 7) is 4.01. The van der Waals surface area contributed by atoms with E-state index < -0.39 is 13.0 Å². The molecule has 0 aliphatic carbocycles. The van der Waals surface area contributed by atoms with Crippen LogP contribution in [-0.4, -0.2) is 45.1 Å². The average Bonchev–Trinajstić information content (AvgIpc) is 2.47. The Hall–Kier alpha value is -1.03. The van der Waals surface area contributed by atoms with Crippen molar-refractivity contribution in [1.82, 2.24) is 0 Å². The largest absolute Gasteiger partial charge is 0.619 e. The Morgan fingerprint density at radius 2 is 1.70 bits per heavy atom. The molecule has 0 aliphatic heterocycles. The van der Waals surface area contributed by atoms with Crippen molar-refractivity contribution in [3.05, 3.63) is 28.7 Å². The number of aromatic nitrogens is 1. The van der Waals surface area contributed by atoms with Gasteiger partial charge in [-0.3, -0.25) is 4.74 Å². The lowest BCUT2D eigenvalue weighted by Crippen LogP contribution is -2.30. The number of ether oxygens (including phenoxy) is 3. The highest BCUT2D eigenvalue weighted by Gasteiger charge is 2.28. The SMILES string of the molecule is Cc1c(SCCOCCOCCOC(F)(F)F)cc[n+]([O-])c1C. The average molecular weight is 355 g/mol. The summed E-state index contributed by atoms with van der Waals surface area (Å²) in [5, 5.41) is 11.4. The lowest BCUT2D eigenvalue weighted by atomic mass is 10.2. The molecule has 0 aliphatic rings. The van der Waals surface area contributed by atoms with E-state index in [9.17, 15) is 18.4 Å². The first-order chi connectivity index (χ1) is 10.8. The zero-order valence-corrected chi connectivity index (χ0v) is 13.8. The van der Waals surface area contributed by atoms with Crippen molar-refractivity contribution in [2.45, 2.75) is 25.1 Å². The first kappa shape index (κ1) is 20.0. The molecule has 0 radical (unpaired) electrons. The van der Waals surface area contributed by atoms with Gasteiger partial charge in [-0.15, -0.1) is 24.9 Å². The van der Waals surface area contributed by atoms with Crippen molar-refractivity contribution < 1.29 is 32.1 Å².